The fraction of sp³-hybridized carbons (Fsp3) is 0.867. The van der Waals surface area contributed by atoms with Gasteiger partial charge in [-0.15, -0.1) is 0 Å². The van der Waals surface area contributed by atoms with Gasteiger partial charge in [-0.3, -0.25) is 14.5 Å². The van der Waals surface area contributed by atoms with E-state index in [9.17, 15) is 9.59 Å². The number of carbonyl (C=O) groups excluding carboxylic acids is 2. The third kappa shape index (κ3) is 4.66. The monoisotopic (exact) mass is 312 g/mol. The summed E-state index contributed by atoms with van der Waals surface area (Å²) in [7, 11) is 0. The van der Waals surface area contributed by atoms with Crippen molar-refractivity contribution in [3.8, 4) is 0 Å². The van der Waals surface area contributed by atoms with Gasteiger partial charge in [0.2, 0.25) is 11.8 Å². The Kier molecular flexibility index (Phi) is 6.16. The van der Waals surface area contributed by atoms with Crippen molar-refractivity contribution in [2.75, 3.05) is 45.9 Å². The molecule has 126 valence electrons. The van der Waals surface area contributed by atoms with E-state index in [1.165, 1.54) is 0 Å². The Morgan fingerprint density at radius 2 is 2.05 bits per heavy atom. The number of hydrogen-bond donors (Lipinski definition) is 2. The molecule has 2 aliphatic heterocycles. The van der Waals surface area contributed by atoms with Crippen LogP contribution in [-0.4, -0.2) is 79.6 Å². The summed E-state index contributed by atoms with van der Waals surface area (Å²) >= 11 is 0. The van der Waals surface area contributed by atoms with Crippen molar-refractivity contribution >= 4 is 11.8 Å². The van der Waals surface area contributed by atoms with Gasteiger partial charge in [-0.05, 0) is 5.92 Å². The van der Waals surface area contributed by atoms with E-state index in [-0.39, 0.29) is 23.8 Å². The molecule has 0 aromatic heterocycles. The number of nitrogens with zero attached hydrogens (tertiary/aromatic N) is 2. The van der Waals surface area contributed by atoms with Crippen LogP contribution in [0.3, 0.4) is 0 Å². The van der Waals surface area contributed by atoms with Gasteiger partial charge in [-0.25, -0.2) is 0 Å². The van der Waals surface area contributed by atoms with Crippen LogP contribution in [0.1, 0.15) is 20.3 Å². The molecule has 0 saturated carbocycles. The van der Waals surface area contributed by atoms with Crippen LogP contribution in [0.15, 0.2) is 0 Å². The summed E-state index contributed by atoms with van der Waals surface area (Å²) in [5.74, 6) is 0.0361. The Balaban J connectivity index is 1.74. The maximum Gasteiger partial charge on any atom is 0.237 e. The first-order valence-electron chi connectivity index (χ1n) is 8.11. The third-order valence-corrected chi connectivity index (χ3v) is 4.37. The number of likely N-dealkylation sites (tertiary alicyclic amines) is 1. The van der Waals surface area contributed by atoms with E-state index in [0.717, 1.165) is 32.8 Å². The number of hydrogen-bond acceptors (Lipinski definition) is 5. The maximum atomic E-state index is 12.0. The Bertz CT molecular complexity index is 396. The molecule has 0 spiro atoms. The molecule has 2 rings (SSSR count). The maximum absolute atomic E-state index is 12.0. The largest absolute Gasteiger partial charge is 0.379 e. The lowest BCUT2D eigenvalue weighted by Gasteiger charge is -2.28. The molecule has 0 bridgehead atoms. The van der Waals surface area contributed by atoms with Crippen LogP contribution in [-0.2, 0) is 14.3 Å². The zero-order valence-electron chi connectivity index (χ0n) is 13.6. The Morgan fingerprint density at radius 3 is 2.68 bits per heavy atom. The van der Waals surface area contributed by atoms with E-state index in [1.807, 2.05) is 18.7 Å². The van der Waals surface area contributed by atoms with Gasteiger partial charge in [0.05, 0.1) is 25.3 Å². The molecular weight excluding hydrogens is 284 g/mol. The molecule has 2 aliphatic rings. The zero-order chi connectivity index (χ0) is 16.1. The smallest absolute Gasteiger partial charge is 0.237 e. The number of rotatable bonds is 6. The van der Waals surface area contributed by atoms with Crippen molar-refractivity contribution in [3.63, 3.8) is 0 Å². The summed E-state index contributed by atoms with van der Waals surface area (Å²) in [4.78, 5) is 28.2. The number of carbonyl (C=O) groups is 2. The Hall–Kier alpha value is -1.18. The fourth-order valence-corrected chi connectivity index (χ4v) is 2.77. The zero-order valence-corrected chi connectivity index (χ0v) is 13.6. The second kappa shape index (κ2) is 7.89. The van der Waals surface area contributed by atoms with Gasteiger partial charge in [0.1, 0.15) is 0 Å². The molecule has 0 aromatic rings. The average Bonchev–Trinajstić information content (AvgIpc) is 2.85. The third-order valence-electron chi connectivity index (χ3n) is 4.37. The van der Waals surface area contributed by atoms with E-state index >= 15 is 0 Å². The minimum Gasteiger partial charge on any atom is -0.379 e. The predicted molar refractivity (Wildman–Crippen MR) is 83.2 cm³/mol. The molecule has 22 heavy (non-hydrogen) atoms. The summed E-state index contributed by atoms with van der Waals surface area (Å²) in [6, 6.07) is -0.632. The molecule has 0 aromatic carbocycles. The van der Waals surface area contributed by atoms with Crippen LogP contribution >= 0.6 is 0 Å². The van der Waals surface area contributed by atoms with Gasteiger partial charge in [0.25, 0.3) is 0 Å². The molecule has 2 heterocycles. The van der Waals surface area contributed by atoms with Gasteiger partial charge in [0.15, 0.2) is 0 Å². The number of nitrogens with one attached hydrogen (secondary N) is 1. The summed E-state index contributed by atoms with van der Waals surface area (Å²) < 4.78 is 5.31. The van der Waals surface area contributed by atoms with Crippen molar-refractivity contribution in [2.24, 2.45) is 11.7 Å². The molecule has 1 unspecified atom stereocenters. The van der Waals surface area contributed by atoms with E-state index in [2.05, 4.69) is 10.2 Å². The molecule has 0 radical (unpaired) electrons. The van der Waals surface area contributed by atoms with Crippen LogP contribution in [0.4, 0.5) is 0 Å². The molecule has 2 fully saturated rings. The van der Waals surface area contributed by atoms with E-state index in [4.69, 9.17) is 10.5 Å². The van der Waals surface area contributed by atoms with Crippen LogP contribution < -0.4 is 11.1 Å². The van der Waals surface area contributed by atoms with Gasteiger partial charge >= 0.3 is 0 Å². The summed E-state index contributed by atoms with van der Waals surface area (Å²) in [5, 5.41) is 2.90. The fourth-order valence-electron chi connectivity index (χ4n) is 2.77. The molecule has 0 aliphatic carbocycles. The van der Waals surface area contributed by atoms with Crippen molar-refractivity contribution < 1.29 is 14.3 Å². The lowest BCUT2D eigenvalue weighted by atomic mass is 10.0. The first-order chi connectivity index (χ1) is 10.5. The molecule has 7 nitrogen and oxygen atoms in total. The highest BCUT2D eigenvalue weighted by Gasteiger charge is 2.32. The standard InChI is InChI=1S/C15H28N4O3/c1-11(2)14(16)15(21)17-12-9-13(20)19(10-12)4-3-18-5-7-22-8-6-18/h11-12,14H,3-10,16H2,1-2H3,(H,17,21)/t12?,14-/m0/s1. The van der Waals surface area contributed by atoms with Crippen LogP contribution in [0.25, 0.3) is 0 Å². The lowest BCUT2D eigenvalue weighted by molar-refractivity contribution is -0.128. The van der Waals surface area contributed by atoms with E-state index < -0.39 is 6.04 Å². The molecule has 2 amide bonds. The molecule has 2 saturated heterocycles. The normalized spacial score (nSPS) is 24.8. The van der Waals surface area contributed by atoms with Crippen molar-refractivity contribution in [1.82, 2.24) is 15.1 Å². The number of morpholine rings is 1. The lowest BCUT2D eigenvalue weighted by Crippen LogP contribution is -2.48. The van der Waals surface area contributed by atoms with E-state index in [1.54, 1.807) is 0 Å². The summed E-state index contributed by atoms with van der Waals surface area (Å²) in [6.07, 6.45) is 0.375. The first kappa shape index (κ1) is 17.2. The van der Waals surface area contributed by atoms with Crippen LogP contribution in [0.2, 0.25) is 0 Å². The first-order valence-corrected chi connectivity index (χ1v) is 8.11. The second-order valence-corrected chi connectivity index (χ2v) is 6.47. The molecule has 2 atom stereocenters. The Morgan fingerprint density at radius 1 is 1.36 bits per heavy atom. The van der Waals surface area contributed by atoms with Gasteiger partial charge in [-0.2, -0.15) is 0 Å². The summed E-state index contributed by atoms with van der Waals surface area (Å²) in [5.41, 5.74) is 5.83. The van der Waals surface area contributed by atoms with Crippen LogP contribution in [0.5, 0.6) is 0 Å². The molecule has 7 heteroatoms. The second-order valence-electron chi connectivity index (χ2n) is 6.47. The minimum atomic E-state index is -0.516. The van der Waals surface area contributed by atoms with Gasteiger partial charge in [-0.1, -0.05) is 13.8 Å². The topological polar surface area (TPSA) is 87.9 Å². The molecule has 3 N–H and O–H groups in total. The SMILES string of the molecule is CC(C)[C@H](N)C(=O)NC1CC(=O)N(CCN2CCOCC2)C1. The predicted octanol–water partition coefficient (Wildman–Crippen LogP) is -0.981. The van der Waals surface area contributed by atoms with Crippen LogP contribution in [0, 0.1) is 5.92 Å². The minimum absolute atomic E-state index is 0.0922. The van der Waals surface area contributed by atoms with E-state index in [0.29, 0.717) is 19.5 Å². The van der Waals surface area contributed by atoms with Crippen molar-refractivity contribution in [2.45, 2.75) is 32.4 Å². The number of amides is 2. The highest BCUT2D eigenvalue weighted by Crippen LogP contribution is 2.12. The highest BCUT2D eigenvalue weighted by atomic mass is 16.5. The van der Waals surface area contributed by atoms with Gasteiger partial charge < -0.3 is 20.7 Å². The number of ether oxygens (including phenoxy) is 1. The number of nitrogens with two attached hydrogens (primary N) is 1. The molecular formula is C15H28N4O3. The average molecular weight is 312 g/mol. The summed E-state index contributed by atoms with van der Waals surface area (Å²) in [6.45, 7) is 9.36. The van der Waals surface area contributed by atoms with Crippen molar-refractivity contribution in [3.05, 3.63) is 0 Å². The quantitative estimate of drug-likeness (QED) is 0.658. The van der Waals surface area contributed by atoms with Crippen molar-refractivity contribution in [1.29, 1.82) is 0 Å². The Labute approximate surface area is 132 Å². The highest BCUT2D eigenvalue weighted by molar-refractivity contribution is 5.84. The van der Waals surface area contributed by atoms with Gasteiger partial charge in [0, 0.05) is 39.1 Å².